The molecule has 0 spiro atoms. The Hall–Kier alpha value is -3.62. The highest BCUT2D eigenvalue weighted by Crippen LogP contribution is 2.44. The van der Waals surface area contributed by atoms with Gasteiger partial charge in [0.15, 0.2) is 16.7 Å². The summed E-state index contributed by atoms with van der Waals surface area (Å²) in [6.07, 6.45) is 0. The summed E-state index contributed by atoms with van der Waals surface area (Å²) in [5, 5.41) is 11.7. The highest BCUT2D eigenvalue weighted by Gasteiger charge is 2.46. The van der Waals surface area contributed by atoms with Gasteiger partial charge >= 0.3 is 0 Å². The lowest BCUT2D eigenvalue weighted by Crippen LogP contribution is -2.30. The second kappa shape index (κ2) is 8.62. The molecule has 2 aromatic heterocycles. The van der Waals surface area contributed by atoms with Gasteiger partial charge in [0.05, 0.1) is 28.4 Å². The molecule has 3 heterocycles. The lowest BCUT2D eigenvalue weighted by Gasteiger charge is -2.24. The molecule has 0 aliphatic carbocycles. The zero-order chi connectivity index (χ0) is 24.0. The fourth-order valence-electron chi connectivity index (χ4n) is 3.94. The van der Waals surface area contributed by atoms with E-state index in [0.29, 0.717) is 39.4 Å². The van der Waals surface area contributed by atoms with Crippen LogP contribution in [0.5, 0.6) is 5.75 Å². The Kier molecular flexibility index (Phi) is 5.63. The summed E-state index contributed by atoms with van der Waals surface area (Å²) in [5.41, 5.74) is 1.20. The van der Waals surface area contributed by atoms with Gasteiger partial charge in [0.25, 0.3) is 5.91 Å². The van der Waals surface area contributed by atoms with Crippen molar-refractivity contribution in [3.63, 3.8) is 0 Å². The van der Waals surface area contributed by atoms with Gasteiger partial charge in [0.1, 0.15) is 11.5 Å². The number of carbonyl (C=O) groups is 2. The number of anilines is 1. The fourth-order valence-corrected chi connectivity index (χ4v) is 5.08. The van der Waals surface area contributed by atoms with Crippen LogP contribution in [0.3, 0.4) is 0 Å². The average Bonchev–Trinajstić information content (AvgIpc) is 3.50. The van der Waals surface area contributed by atoms with E-state index in [1.807, 2.05) is 25.1 Å². The quantitative estimate of drug-likeness (QED) is 0.329. The molecule has 0 saturated heterocycles. The first-order chi connectivity index (χ1) is 16.4. The van der Waals surface area contributed by atoms with Crippen LogP contribution in [0.25, 0.3) is 10.2 Å². The fraction of sp³-hybridized carbons (Fsp3) is 0.160. The second-order valence-corrected chi connectivity index (χ2v) is 9.14. The number of hydrogen-bond donors (Lipinski definition) is 1. The number of aryl methyl sites for hydroxylation is 1. The van der Waals surface area contributed by atoms with Crippen molar-refractivity contribution in [1.29, 1.82) is 0 Å². The van der Waals surface area contributed by atoms with Gasteiger partial charge in [-0.3, -0.25) is 14.5 Å². The molecule has 1 aliphatic rings. The van der Waals surface area contributed by atoms with Crippen molar-refractivity contribution in [1.82, 2.24) is 4.98 Å². The minimum absolute atomic E-state index is 0.0401. The summed E-state index contributed by atoms with van der Waals surface area (Å²) in [6.45, 7) is 4.14. The van der Waals surface area contributed by atoms with Crippen LogP contribution >= 0.6 is 22.9 Å². The molecular formula is C25H19ClN2O5S. The molecule has 1 amide bonds. The first kappa shape index (κ1) is 22.2. The van der Waals surface area contributed by atoms with E-state index in [0.717, 1.165) is 4.70 Å². The van der Waals surface area contributed by atoms with Gasteiger partial charge < -0.3 is 14.3 Å². The predicted octanol–water partition coefficient (Wildman–Crippen LogP) is 6.03. The number of benzene rings is 2. The molecule has 34 heavy (non-hydrogen) atoms. The Morgan fingerprint density at radius 3 is 2.65 bits per heavy atom. The van der Waals surface area contributed by atoms with E-state index in [-0.39, 0.29) is 11.3 Å². The predicted molar refractivity (Wildman–Crippen MR) is 130 cm³/mol. The molecule has 1 atom stereocenters. The molecule has 0 unspecified atom stereocenters. The Morgan fingerprint density at radius 1 is 1.21 bits per heavy atom. The van der Waals surface area contributed by atoms with Crippen LogP contribution in [-0.2, 0) is 4.79 Å². The molecule has 5 rings (SSSR count). The Labute approximate surface area is 203 Å². The first-order valence-electron chi connectivity index (χ1n) is 10.5. The van der Waals surface area contributed by atoms with Crippen molar-refractivity contribution in [3.05, 3.63) is 88.0 Å². The molecule has 0 radical (unpaired) electrons. The number of aliphatic hydroxyl groups excluding tert-OH is 1. The van der Waals surface area contributed by atoms with E-state index in [1.54, 1.807) is 37.3 Å². The summed E-state index contributed by atoms with van der Waals surface area (Å²) < 4.78 is 11.9. The molecule has 0 saturated carbocycles. The van der Waals surface area contributed by atoms with E-state index in [1.165, 1.54) is 22.3 Å². The third-order valence-corrected chi connectivity index (χ3v) is 6.74. The highest BCUT2D eigenvalue weighted by molar-refractivity contribution is 7.22. The summed E-state index contributed by atoms with van der Waals surface area (Å²) in [7, 11) is 0. The summed E-state index contributed by atoms with van der Waals surface area (Å²) >= 11 is 7.35. The largest absolute Gasteiger partial charge is 0.503 e. The number of carbonyl (C=O) groups excluding carboxylic acids is 2. The molecule has 2 aromatic carbocycles. The number of hydrogen-bond acceptors (Lipinski definition) is 7. The number of thiazole rings is 1. The van der Waals surface area contributed by atoms with Crippen LogP contribution in [0.4, 0.5) is 5.13 Å². The lowest BCUT2D eigenvalue weighted by atomic mass is 9.95. The molecule has 7 nitrogen and oxygen atoms in total. The standard InChI is InChI=1S/C25H19ClN2O5S/c1-3-32-16-9-10-17-19(12-16)34-25(27-17)28-21(14-5-7-15(26)8-6-14)20(23(30)24(28)31)22(29)18-11-4-13(2)33-18/h4-12,21,30H,3H2,1-2H3/t21-/m1/s1. The monoisotopic (exact) mass is 494 g/mol. The van der Waals surface area contributed by atoms with Crippen LogP contribution in [0, 0.1) is 6.92 Å². The van der Waals surface area contributed by atoms with Crippen molar-refractivity contribution >= 4 is 50.0 Å². The van der Waals surface area contributed by atoms with Gasteiger partial charge in [0, 0.05) is 5.02 Å². The Morgan fingerprint density at radius 2 is 1.97 bits per heavy atom. The number of rotatable bonds is 6. The van der Waals surface area contributed by atoms with E-state index in [9.17, 15) is 14.7 Å². The average molecular weight is 495 g/mol. The van der Waals surface area contributed by atoms with Crippen molar-refractivity contribution in [2.75, 3.05) is 11.5 Å². The summed E-state index contributed by atoms with van der Waals surface area (Å²) in [4.78, 5) is 32.6. The number of aromatic nitrogens is 1. The smallest absolute Gasteiger partial charge is 0.296 e. The number of halogens is 1. The van der Waals surface area contributed by atoms with Crippen molar-refractivity contribution in [2.24, 2.45) is 0 Å². The van der Waals surface area contributed by atoms with E-state index in [2.05, 4.69) is 4.98 Å². The second-order valence-electron chi connectivity index (χ2n) is 7.69. The van der Waals surface area contributed by atoms with Crippen molar-refractivity contribution < 1.29 is 23.8 Å². The van der Waals surface area contributed by atoms with E-state index < -0.39 is 23.5 Å². The number of ether oxygens (including phenoxy) is 1. The topological polar surface area (TPSA) is 92.9 Å². The van der Waals surface area contributed by atoms with E-state index >= 15 is 0 Å². The molecule has 172 valence electrons. The number of fused-ring (bicyclic) bond motifs is 1. The summed E-state index contributed by atoms with van der Waals surface area (Å²) in [5.74, 6) is -0.635. The SMILES string of the molecule is CCOc1ccc2nc(N3C(=O)C(O)=C(C(=O)c4ccc(C)o4)[C@H]3c3ccc(Cl)cc3)sc2c1. The number of aliphatic hydroxyl groups is 1. The lowest BCUT2D eigenvalue weighted by molar-refractivity contribution is -0.117. The molecule has 0 bridgehead atoms. The number of nitrogens with zero attached hydrogens (tertiary/aromatic N) is 2. The van der Waals surface area contributed by atoms with Crippen molar-refractivity contribution in [3.8, 4) is 5.75 Å². The minimum atomic E-state index is -0.908. The van der Waals surface area contributed by atoms with Gasteiger partial charge in [-0.25, -0.2) is 4.98 Å². The van der Waals surface area contributed by atoms with Gasteiger partial charge in [-0.15, -0.1) is 0 Å². The molecule has 4 aromatic rings. The maximum Gasteiger partial charge on any atom is 0.296 e. The van der Waals surface area contributed by atoms with Crippen LogP contribution < -0.4 is 9.64 Å². The normalized spacial score (nSPS) is 16.0. The van der Waals surface area contributed by atoms with Gasteiger partial charge in [-0.2, -0.15) is 0 Å². The van der Waals surface area contributed by atoms with Gasteiger partial charge in [-0.05, 0) is 61.9 Å². The van der Waals surface area contributed by atoms with Crippen LogP contribution in [0.2, 0.25) is 5.02 Å². The molecule has 1 N–H and O–H groups in total. The maximum atomic E-state index is 13.4. The number of furan rings is 1. The minimum Gasteiger partial charge on any atom is -0.503 e. The Balaban J connectivity index is 1.64. The molecular weight excluding hydrogens is 476 g/mol. The number of ketones is 1. The molecule has 1 aliphatic heterocycles. The molecule has 0 fully saturated rings. The van der Waals surface area contributed by atoms with E-state index in [4.69, 9.17) is 20.8 Å². The zero-order valence-electron chi connectivity index (χ0n) is 18.2. The third-order valence-electron chi connectivity index (χ3n) is 5.47. The van der Waals surface area contributed by atoms with Gasteiger partial charge in [-0.1, -0.05) is 35.1 Å². The van der Waals surface area contributed by atoms with Crippen LogP contribution in [0.15, 0.2) is 70.3 Å². The van der Waals surface area contributed by atoms with Crippen molar-refractivity contribution in [2.45, 2.75) is 19.9 Å². The zero-order valence-corrected chi connectivity index (χ0v) is 19.8. The first-order valence-corrected chi connectivity index (χ1v) is 11.7. The maximum absolute atomic E-state index is 13.4. The third kappa shape index (κ3) is 3.74. The Bertz CT molecular complexity index is 1450. The number of amides is 1. The summed E-state index contributed by atoms with van der Waals surface area (Å²) in [6, 6.07) is 14.5. The highest BCUT2D eigenvalue weighted by atomic mass is 35.5. The van der Waals surface area contributed by atoms with Gasteiger partial charge in [0.2, 0.25) is 5.78 Å². The molecule has 9 heteroatoms. The van der Waals surface area contributed by atoms with Crippen LogP contribution in [-0.4, -0.2) is 28.4 Å². The van der Waals surface area contributed by atoms with Crippen LogP contribution in [0.1, 0.15) is 34.8 Å². The number of Topliss-reactive ketones (excluding diaryl/α,β-unsaturated/α-hetero) is 1.